The standard InChI is InChI=1S/C15H19F2N3OS/c1-10(19-22(21)15(2,3)4)13-8-20(9-18-13)14-6-5-11(16)7-12(14)17/h5-10,19H,1-4H3/t10-,22?/m0/s1. The molecule has 2 rings (SSSR count). The third kappa shape index (κ3) is 3.85. The zero-order valence-electron chi connectivity index (χ0n) is 12.9. The Morgan fingerprint density at radius 3 is 2.59 bits per heavy atom. The predicted octanol–water partition coefficient (Wildman–Crippen LogP) is 3.26. The van der Waals surface area contributed by atoms with E-state index in [1.807, 2.05) is 27.7 Å². The molecule has 0 bridgehead atoms. The van der Waals surface area contributed by atoms with E-state index >= 15 is 0 Å². The molecule has 0 radical (unpaired) electrons. The molecule has 0 aliphatic heterocycles. The lowest BCUT2D eigenvalue weighted by atomic mass is 10.2. The Balaban J connectivity index is 2.17. The van der Waals surface area contributed by atoms with Gasteiger partial charge in [-0.05, 0) is 39.8 Å². The maximum Gasteiger partial charge on any atom is 0.150 e. The molecule has 1 unspecified atom stereocenters. The maximum absolute atomic E-state index is 13.8. The van der Waals surface area contributed by atoms with E-state index in [0.29, 0.717) is 5.69 Å². The van der Waals surface area contributed by atoms with Crippen LogP contribution in [0.2, 0.25) is 0 Å². The van der Waals surface area contributed by atoms with Crippen molar-refractivity contribution < 1.29 is 13.3 Å². The zero-order valence-corrected chi connectivity index (χ0v) is 13.7. The fourth-order valence-corrected chi connectivity index (χ4v) is 2.58. The van der Waals surface area contributed by atoms with E-state index in [1.165, 1.54) is 23.0 Å². The lowest BCUT2D eigenvalue weighted by Gasteiger charge is -2.25. The second-order valence-electron chi connectivity index (χ2n) is 6.02. The lowest BCUT2D eigenvalue weighted by Crippen LogP contribution is -2.40. The van der Waals surface area contributed by atoms with Crippen LogP contribution in [-0.2, 0) is 11.4 Å². The highest BCUT2D eigenvalue weighted by atomic mass is 32.2. The minimum Gasteiger partial charge on any atom is -0.598 e. The Labute approximate surface area is 131 Å². The molecule has 0 saturated heterocycles. The van der Waals surface area contributed by atoms with Crippen molar-refractivity contribution in [1.82, 2.24) is 14.3 Å². The van der Waals surface area contributed by atoms with Crippen molar-refractivity contribution in [3.05, 3.63) is 48.1 Å². The lowest BCUT2D eigenvalue weighted by molar-refractivity contribution is 0.529. The van der Waals surface area contributed by atoms with Gasteiger partial charge in [-0.15, -0.1) is 4.72 Å². The first-order valence-corrected chi connectivity index (χ1v) is 8.01. The summed E-state index contributed by atoms with van der Waals surface area (Å²) in [5.74, 6) is -1.29. The number of imidazole rings is 1. The highest BCUT2D eigenvalue weighted by Gasteiger charge is 2.29. The first-order chi connectivity index (χ1) is 10.2. The number of halogens is 2. The van der Waals surface area contributed by atoms with Crippen LogP contribution in [0.1, 0.15) is 39.4 Å². The molecule has 1 heterocycles. The average Bonchev–Trinajstić information content (AvgIpc) is 2.87. The number of hydrogen-bond donors (Lipinski definition) is 1. The zero-order chi connectivity index (χ0) is 16.5. The molecule has 2 atom stereocenters. The molecule has 22 heavy (non-hydrogen) atoms. The molecule has 2 aromatic rings. The molecule has 1 N–H and O–H groups in total. The third-order valence-electron chi connectivity index (χ3n) is 3.07. The second kappa shape index (κ2) is 6.36. The summed E-state index contributed by atoms with van der Waals surface area (Å²) in [6, 6.07) is 3.10. The van der Waals surface area contributed by atoms with Gasteiger partial charge in [-0.1, -0.05) is 0 Å². The third-order valence-corrected chi connectivity index (χ3v) is 4.75. The number of nitrogens with zero attached hydrogens (tertiary/aromatic N) is 2. The Morgan fingerprint density at radius 1 is 1.32 bits per heavy atom. The van der Waals surface area contributed by atoms with Crippen molar-refractivity contribution in [3.63, 3.8) is 0 Å². The monoisotopic (exact) mass is 327 g/mol. The second-order valence-corrected chi connectivity index (χ2v) is 8.02. The highest BCUT2D eigenvalue weighted by Crippen LogP contribution is 2.20. The molecule has 0 saturated carbocycles. The number of hydrogen-bond acceptors (Lipinski definition) is 3. The summed E-state index contributed by atoms with van der Waals surface area (Å²) >= 11 is -1.23. The van der Waals surface area contributed by atoms with Crippen LogP contribution in [0, 0.1) is 11.6 Å². The minimum atomic E-state index is -1.23. The average molecular weight is 327 g/mol. The quantitative estimate of drug-likeness (QED) is 0.877. The van der Waals surface area contributed by atoms with Gasteiger partial charge in [0.05, 0.1) is 23.8 Å². The topological polar surface area (TPSA) is 52.9 Å². The van der Waals surface area contributed by atoms with Crippen molar-refractivity contribution in [1.29, 1.82) is 0 Å². The van der Waals surface area contributed by atoms with Gasteiger partial charge in [0.1, 0.15) is 16.4 Å². The summed E-state index contributed by atoms with van der Waals surface area (Å²) in [6.45, 7) is 7.44. The first-order valence-electron chi connectivity index (χ1n) is 6.86. The van der Waals surface area contributed by atoms with E-state index in [4.69, 9.17) is 0 Å². The van der Waals surface area contributed by atoms with Gasteiger partial charge in [-0.25, -0.2) is 13.8 Å². The molecule has 0 aliphatic rings. The smallest absolute Gasteiger partial charge is 0.150 e. The summed E-state index contributed by atoms with van der Waals surface area (Å²) < 4.78 is 42.8. The van der Waals surface area contributed by atoms with E-state index in [-0.39, 0.29) is 16.5 Å². The number of aromatic nitrogens is 2. The number of rotatable bonds is 4. The molecule has 4 nitrogen and oxygen atoms in total. The fraction of sp³-hybridized carbons (Fsp3) is 0.400. The number of nitrogens with one attached hydrogen (secondary N) is 1. The Kier molecular flexibility index (Phi) is 4.89. The van der Waals surface area contributed by atoms with Gasteiger partial charge in [-0.2, -0.15) is 0 Å². The van der Waals surface area contributed by atoms with Gasteiger partial charge in [0.15, 0.2) is 0 Å². The SMILES string of the molecule is C[C@H](N[S+]([O-])C(C)(C)C)c1cn(-c2ccc(F)cc2F)cn1. The van der Waals surface area contributed by atoms with E-state index in [0.717, 1.165) is 6.07 Å². The van der Waals surface area contributed by atoms with Crippen LogP contribution in [0.4, 0.5) is 8.78 Å². The van der Waals surface area contributed by atoms with Crippen LogP contribution >= 0.6 is 0 Å². The van der Waals surface area contributed by atoms with Crippen LogP contribution < -0.4 is 4.72 Å². The van der Waals surface area contributed by atoms with Gasteiger partial charge in [0, 0.05) is 23.6 Å². The molecule has 120 valence electrons. The van der Waals surface area contributed by atoms with Crippen LogP contribution in [0.15, 0.2) is 30.7 Å². The van der Waals surface area contributed by atoms with E-state index in [9.17, 15) is 13.3 Å². The van der Waals surface area contributed by atoms with Gasteiger partial charge in [0.25, 0.3) is 0 Å². The summed E-state index contributed by atoms with van der Waals surface area (Å²) in [6.07, 6.45) is 3.08. The molecular formula is C15H19F2N3OS. The van der Waals surface area contributed by atoms with Crippen molar-refractivity contribution in [2.24, 2.45) is 0 Å². The molecule has 7 heteroatoms. The molecular weight excluding hydrogens is 308 g/mol. The molecule has 1 aromatic heterocycles. The summed E-state index contributed by atoms with van der Waals surface area (Å²) in [5, 5.41) is 0. The Morgan fingerprint density at radius 2 is 2.00 bits per heavy atom. The molecule has 0 amide bonds. The van der Waals surface area contributed by atoms with Crippen molar-refractivity contribution in [3.8, 4) is 5.69 Å². The summed E-state index contributed by atoms with van der Waals surface area (Å²) in [7, 11) is 0. The van der Waals surface area contributed by atoms with Gasteiger partial charge >= 0.3 is 0 Å². The maximum atomic E-state index is 13.8. The first kappa shape index (κ1) is 16.9. The molecule has 0 spiro atoms. The summed E-state index contributed by atoms with van der Waals surface area (Å²) in [4.78, 5) is 4.20. The van der Waals surface area contributed by atoms with Gasteiger partial charge in [0.2, 0.25) is 0 Å². The normalized spacial score (nSPS) is 14.9. The van der Waals surface area contributed by atoms with Crippen molar-refractivity contribution in [2.45, 2.75) is 38.5 Å². The number of benzene rings is 1. The van der Waals surface area contributed by atoms with E-state index in [2.05, 4.69) is 9.71 Å². The van der Waals surface area contributed by atoms with Crippen LogP contribution in [0.5, 0.6) is 0 Å². The van der Waals surface area contributed by atoms with Crippen LogP contribution in [0.25, 0.3) is 5.69 Å². The largest absolute Gasteiger partial charge is 0.598 e. The molecule has 1 aromatic carbocycles. The molecule has 0 fully saturated rings. The van der Waals surface area contributed by atoms with Gasteiger partial charge < -0.3 is 9.12 Å². The van der Waals surface area contributed by atoms with E-state index < -0.39 is 23.0 Å². The van der Waals surface area contributed by atoms with Crippen molar-refractivity contribution in [2.75, 3.05) is 0 Å². The molecule has 0 aliphatic carbocycles. The highest BCUT2D eigenvalue weighted by molar-refractivity contribution is 7.90. The summed E-state index contributed by atoms with van der Waals surface area (Å²) in [5.41, 5.74) is 0.839. The Bertz CT molecular complexity index is 654. The van der Waals surface area contributed by atoms with E-state index in [1.54, 1.807) is 6.20 Å². The Hall–Kier alpha value is -1.44. The van der Waals surface area contributed by atoms with Gasteiger partial charge in [-0.3, -0.25) is 0 Å². The van der Waals surface area contributed by atoms with Crippen LogP contribution in [0.3, 0.4) is 0 Å². The van der Waals surface area contributed by atoms with Crippen LogP contribution in [-0.4, -0.2) is 18.9 Å². The van der Waals surface area contributed by atoms with Crippen molar-refractivity contribution >= 4 is 11.4 Å². The predicted molar refractivity (Wildman–Crippen MR) is 82.9 cm³/mol. The minimum absolute atomic E-state index is 0.212. The fourth-order valence-electron chi connectivity index (χ4n) is 1.78.